The number of H-pyrrole nitrogens is 1. The lowest BCUT2D eigenvalue weighted by Gasteiger charge is -2.38. The van der Waals surface area contributed by atoms with Gasteiger partial charge in [0, 0.05) is 28.7 Å². The third-order valence-corrected chi connectivity index (χ3v) is 5.27. The highest BCUT2D eigenvalue weighted by Crippen LogP contribution is 2.39. The first-order chi connectivity index (χ1) is 14.6. The van der Waals surface area contributed by atoms with Crippen LogP contribution in [0.1, 0.15) is 27.2 Å². The zero-order valence-corrected chi connectivity index (χ0v) is 17.2. The Hall–Kier alpha value is -3.33. The summed E-state index contributed by atoms with van der Waals surface area (Å²) < 4.78 is 39.9. The average Bonchev–Trinajstić information content (AvgIpc) is 2.68. The van der Waals surface area contributed by atoms with Crippen molar-refractivity contribution < 1.29 is 18.0 Å². The Bertz CT molecular complexity index is 1260. The lowest BCUT2D eigenvalue weighted by molar-refractivity contribution is -0.137. The van der Waals surface area contributed by atoms with Crippen molar-refractivity contribution in [2.24, 2.45) is 0 Å². The topological polar surface area (TPSA) is 69.3 Å². The number of benzene rings is 1. The number of amides is 1. The molecule has 3 aromatic rings. The number of carbonyl (C=O) groups is 1. The molecule has 0 spiro atoms. The van der Waals surface area contributed by atoms with Gasteiger partial charge in [-0.3, -0.25) is 14.5 Å². The van der Waals surface area contributed by atoms with Gasteiger partial charge < -0.3 is 9.88 Å². The second kappa shape index (κ2) is 7.42. The van der Waals surface area contributed by atoms with Crippen molar-refractivity contribution in [3.63, 3.8) is 0 Å². The first-order valence-electron chi connectivity index (χ1n) is 9.19. The van der Waals surface area contributed by atoms with E-state index < -0.39 is 17.6 Å². The van der Waals surface area contributed by atoms with E-state index in [4.69, 9.17) is 11.6 Å². The SMILES string of the molecule is Cc1cc(Cl)ccc1N1CN(c2ccc(=O)[nH]c2C)C(=O)c2cc(C(F)(F)F)cnc21. The van der Waals surface area contributed by atoms with Crippen molar-refractivity contribution in [2.45, 2.75) is 20.0 Å². The second-order valence-corrected chi connectivity index (χ2v) is 7.60. The van der Waals surface area contributed by atoms with E-state index in [1.165, 1.54) is 17.0 Å². The Kier molecular flexibility index (Phi) is 5.01. The van der Waals surface area contributed by atoms with Crippen molar-refractivity contribution in [3.8, 4) is 0 Å². The molecule has 0 radical (unpaired) electrons. The largest absolute Gasteiger partial charge is 0.417 e. The van der Waals surface area contributed by atoms with Gasteiger partial charge in [0.05, 0.1) is 16.8 Å². The third-order valence-electron chi connectivity index (χ3n) is 5.04. The number of alkyl halides is 3. The lowest BCUT2D eigenvalue weighted by Crippen LogP contribution is -2.46. The molecule has 0 fully saturated rings. The number of aryl methyl sites for hydroxylation is 2. The van der Waals surface area contributed by atoms with Crippen molar-refractivity contribution in [3.05, 3.63) is 80.4 Å². The van der Waals surface area contributed by atoms with Crippen molar-refractivity contribution in [1.29, 1.82) is 0 Å². The summed E-state index contributed by atoms with van der Waals surface area (Å²) in [6.07, 6.45) is -3.94. The maximum Gasteiger partial charge on any atom is 0.417 e. The molecule has 1 aromatic carbocycles. The number of carbonyl (C=O) groups excluding carboxylic acids is 1. The van der Waals surface area contributed by atoms with E-state index in [2.05, 4.69) is 9.97 Å². The van der Waals surface area contributed by atoms with Crippen LogP contribution in [0.25, 0.3) is 0 Å². The van der Waals surface area contributed by atoms with Crippen molar-refractivity contribution >= 4 is 34.7 Å². The molecule has 0 bridgehead atoms. The van der Waals surface area contributed by atoms with Gasteiger partial charge in [0.1, 0.15) is 12.5 Å². The fourth-order valence-electron chi connectivity index (χ4n) is 3.56. The third kappa shape index (κ3) is 3.76. The summed E-state index contributed by atoms with van der Waals surface area (Å²) in [6, 6.07) is 8.61. The number of pyridine rings is 2. The molecule has 2 aromatic heterocycles. The van der Waals surface area contributed by atoms with E-state index in [-0.39, 0.29) is 23.6 Å². The van der Waals surface area contributed by atoms with Crippen LogP contribution < -0.4 is 15.4 Å². The van der Waals surface area contributed by atoms with Gasteiger partial charge >= 0.3 is 6.18 Å². The first kappa shape index (κ1) is 20.9. The maximum absolute atomic E-state index is 13.3. The Morgan fingerprint density at radius 2 is 1.74 bits per heavy atom. The number of aromatic amines is 1. The van der Waals surface area contributed by atoms with Crippen LogP contribution in [0.15, 0.2) is 47.4 Å². The van der Waals surface area contributed by atoms with Gasteiger partial charge in [-0.05, 0) is 49.7 Å². The minimum absolute atomic E-state index is 0.0143. The number of hydrogen-bond acceptors (Lipinski definition) is 4. The lowest BCUT2D eigenvalue weighted by atomic mass is 10.1. The Morgan fingerprint density at radius 3 is 2.39 bits per heavy atom. The highest BCUT2D eigenvalue weighted by Gasteiger charge is 2.38. The van der Waals surface area contributed by atoms with Crippen LogP contribution in [0.3, 0.4) is 0 Å². The molecule has 31 heavy (non-hydrogen) atoms. The molecule has 10 heteroatoms. The highest BCUT2D eigenvalue weighted by molar-refractivity contribution is 6.30. The number of nitrogens with one attached hydrogen (secondary N) is 1. The summed E-state index contributed by atoms with van der Waals surface area (Å²) in [5, 5.41) is 0.503. The van der Waals surface area contributed by atoms with Crippen LogP contribution in [0.2, 0.25) is 5.02 Å². The molecule has 0 aliphatic carbocycles. The number of rotatable bonds is 2. The molecule has 1 aliphatic heterocycles. The molecule has 0 saturated carbocycles. The molecule has 0 unspecified atom stereocenters. The molecular formula is C21H16ClF3N4O2. The zero-order chi connectivity index (χ0) is 22.5. The molecule has 0 atom stereocenters. The Balaban J connectivity index is 1.93. The van der Waals surface area contributed by atoms with E-state index in [9.17, 15) is 22.8 Å². The summed E-state index contributed by atoms with van der Waals surface area (Å²) >= 11 is 6.05. The molecule has 4 rings (SSSR count). The van der Waals surface area contributed by atoms with Crippen LogP contribution in [-0.4, -0.2) is 22.5 Å². The summed E-state index contributed by atoms with van der Waals surface area (Å²) in [6.45, 7) is 3.40. The van der Waals surface area contributed by atoms with E-state index in [1.807, 2.05) is 0 Å². The monoisotopic (exact) mass is 448 g/mol. The number of halogens is 4. The van der Waals surface area contributed by atoms with Gasteiger partial charge in [-0.25, -0.2) is 4.98 Å². The number of anilines is 3. The average molecular weight is 449 g/mol. The predicted octanol–water partition coefficient (Wildman–Crippen LogP) is 4.81. The molecule has 1 N–H and O–H groups in total. The van der Waals surface area contributed by atoms with E-state index in [1.54, 1.807) is 36.9 Å². The van der Waals surface area contributed by atoms with Crippen LogP contribution in [0, 0.1) is 13.8 Å². The fourth-order valence-corrected chi connectivity index (χ4v) is 3.79. The summed E-state index contributed by atoms with van der Waals surface area (Å²) in [5.74, 6) is -0.534. The quantitative estimate of drug-likeness (QED) is 0.610. The van der Waals surface area contributed by atoms with Gasteiger partial charge in [0.2, 0.25) is 5.56 Å². The second-order valence-electron chi connectivity index (χ2n) is 7.16. The molecular weight excluding hydrogens is 433 g/mol. The smallest absolute Gasteiger partial charge is 0.324 e. The summed E-state index contributed by atoms with van der Waals surface area (Å²) in [4.78, 5) is 34.4. The van der Waals surface area contributed by atoms with E-state index in [0.717, 1.165) is 11.6 Å². The zero-order valence-electron chi connectivity index (χ0n) is 16.4. The van der Waals surface area contributed by atoms with Gasteiger partial charge in [-0.1, -0.05) is 11.6 Å². The van der Waals surface area contributed by atoms with Crippen LogP contribution in [0.4, 0.5) is 30.4 Å². The molecule has 160 valence electrons. The predicted molar refractivity (Wildman–Crippen MR) is 111 cm³/mol. The molecule has 6 nitrogen and oxygen atoms in total. The van der Waals surface area contributed by atoms with Gasteiger partial charge in [-0.2, -0.15) is 13.2 Å². The van der Waals surface area contributed by atoms with Crippen LogP contribution >= 0.6 is 11.6 Å². The number of hydrogen-bond donors (Lipinski definition) is 1. The standard InChI is InChI=1S/C21H16ClF3N4O2/c1-11-7-14(22)3-4-16(11)28-10-29(17-5-6-18(30)27-12(17)2)20(31)15-8-13(21(23,24)25)9-26-19(15)28/h3-9H,10H2,1-2H3,(H,27,30). The van der Waals surface area contributed by atoms with Gasteiger partial charge in [-0.15, -0.1) is 0 Å². The summed E-state index contributed by atoms with van der Waals surface area (Å²) in [5.41, 5.74) is 0.623. The minimum atomic E-state index is -4.65. The Labute approximate surface area is 179 Å². The molecule has 1 aliphatic rings. The molecule has 3 heterocycles. The van der Waals surface area contributed by atoms with E-state index in [0.29, 0.717) is 28.3 Å². The number of fused-ring (bicyclic) bond motifs is 1. The first-order valence-corrected chi connectivity index (χ1v) is 9.57. The molecule has 0 saturated heterocycles. The summed E-state index contributed by atoms with van der Waals surface area (Å²) in [7, 11) is 0. The van der Waals surface area contributed by atoms with Crippen molar-refractivity contribution in [1.82, 2.24) is 9.97 Å². The van der Waals surface area contributed by atoms with Crippen LogP contribution in [-0.2, 0) is 6.18 Å². The maximum atomic E-state index is 13.3. The van der Waals surface area contributed by atoms with E-state index >= 15 is 0 Å². The Morgan fingerprint density at radius 1 is 1.03 bits per heavy atom. The minimum Gasteiger partial charge on any atom is -0.324 e. The number of nitrogens with zero attached hydrogens (tertiary/aromatic N) is 3. The fraction of sp³-hybridized carbons (Fsp3) is 0.190. The van der Waals surface area contributed by atoms with Gasteiger partial charge in [0.15, 0.2) is 0 Å². The van der Waals surface area contributed by atoms with Crippen molar-refractivity contribution in [2.75, 3.05) is 16.5 Å². The van der Waals surface area contributed by atoms with Gasteiger partial charge in [0.25, 0.3) is 5.91 Å². The highest BCUT2D eigenvalue weighted by atomic mass is 35.5. The number of aromatic nitrogens is 2. The normalized spacial score (nSPS) is 14.1. The van der Waals surface area contributed by atoms with Crippen LogP contribution in [0.5, 0.6) is 0 Å². The molecule has 1 amide bonds.